The predicted octanol–water partition coefficient (Wildman–Crippen LogP) is 2.50. The third-order valence-corrected chi connectivity index (χ3v) is 5.03. The van der Waals surface area contributed by atoms with Crippen LogP contribution in [-0.4, -0.2) is 24.9 Å². The molecule has 0 saturated carbocycles. The molecule has 3 aromatic heterocycles. The predicted molar refractivity (Wildman–Crippen MR) is 114 cm³/mol. The Balaban J connectivity index is 1.85. The number of nitrogens with zero attached hydrogens (tertiary/aromatic N) is 4. The number of ketones is 1. The van der Waals surface area contributed by atoms with Crippen LogP contribution in [0.15, 0.2) is 70.6 Å². The monoisotopic (exact) mass is 400 g/mol. The van der Waals surface area contributed by atoms with Crippen molar-refractivity contribution in [3.8, 4) is 0 Å². The van der Waals surface area contributed by atoms with Gasteiger partial charge in [-0.25, -0.2) is 9.78 Å². The molecule has 4 rings (SSSR count). The van der Waals surface area contributed by atoms with Crippen LogP contribution < -0.4 is 11.2 Å². The van der Waals surface area contributed by atoms with E-state index in [2.05, 4.69) is 9.97 Å². The number of benzene rings is 1. The fourth-order valence-electron chi connectivity index (χ4n) is 3.56. The number of hydrogen-bond donors (Lipinski definition) is 0. The molecule has 0 amide bonds. The van der Waals surface area contributed by atoms with E-state index < -0.39 is 11.2 Å². The van der Waals surface area contributed by atoms with E-state index in [4.69, 9.17) is 0 Å². The first kappa shape index (κ1) is 19.4. The third-order valence-electron chi connectivity index (χ3n) is 5.03. The third kappa shape index (κ3) is 3.57. The Morgan fingerprint density at radius 1 is 1.00 bits per heavy atom. The van der Waals surface area contributed by atoms with Gasteiger partial charge in [0.1, 0.15) is 0 Å². The Morgan fingerprint density at radius 2 is 1.80 bits per heavy atom. The van der Waals surface area contributed by atoms with Crippen molar-refractivity contribution in [1.82, 2.24) is 19.1 Å². The van der Waals surface area contributed by atoms with E-state index in [1.54, 1.807) is 42.7 Å². The van der Waals surface area contributed by atoms with Crippen LogP contribution in [0.5, 0.6) is 0 Å². The summed E-state index contributed by atoms with van der Waals surface area (Å²) >= 11 is 0. The van der Waals surface area contributed by atoms with Gasteiger partial charge in [0.2, 0.25) is 0 Å². The zero-order valence-corrected chi connectivity index (χ0v) is 16.7. The van der Waals surface area contributed by atoms with Gasteiger partial charge in [-0.15, -0.1) is 0 Å². The van der Waals surface area contributed by atoms with E-state index in [-0.39, 0.29) is 24.4 Å². The van der Waals surface area contributed by atoms with Crippen molar-refractivity contribution in [2.45, 2.75) is 26.9 Å². The molecule has 0 radical (unpaired) electrons. The van der Waals surface area contributed by atoms with Crippen molar-refractivity contribution >= 4 is 16.8 Å². The lowest BCUT2D eigenvalue weighted by atomic mass is 10.0. The van der Waals surface area contributed by atoms with Crippen LogP contribution in [-0.2, 0) is 13.1 Å². The molecule has 0 saturated heterocycles. The molecule has 3 heterocycles. The second kappa shape index (κ2) is 7.87. The minimum Gasteiger partial charge on any atom is -0.292 e. The molecule has 0 atom stereocenters. The molecule has 7 heteroatoms. The molecule has 0 aliphatic heterocycles. The lowest BCUT2D eigenvalue weighted by Crippen LogP contribution is -2.41. The summed E-state index contributed by atoms with van der Waals surface area (Å²) in [4.78, 5) is 47.4. The number of Topliss-reactive ketones (excluding diaryl/α,β-unsaturated/α-hetero) is 1. The first-order valence-corrected chi connectivity index (χ1v) is 9.53. The van der Waals surface area contributed by atoms with E-state index in [0.29, 0.717) is 16.6 Å². The van der Waals surface area contributed by atoms with Crippen LogP contribution in [0.3, 0.4) is 0 Å². The Morgan fingerprint density at radius 3 is 2.53 bits per heavy atom. The summed E-state index contributed by atoms with van der Waals surface area (Å²) < 4.78 is 2.42. The van der Waals surface area contributed by atoms with Gasteiger partial charge in [-0.3, -0.25) is 23.7 Å². The van der Waals surface area contributed by atoms with Gasteiger partial charge in [-0.2, -0.15) is 0 Å². The maximum atomic E-state index is 13.2. The zero-order valence-electron chi connectivity index (χ0n) is 16.7. The Hall–Kier alpha value is -3.87. The summed E-state index contributed by atoms with van der Waals surface area (Å²) in [7, 11) is 0. The first-order valence-electron chi connectivity index (χ1n) is 9.53. The standard InChI is InChI=1S/C23H20N4O3/c1-15-7-8-18(16(2)11-15)20(28)14-26-19-6-4-10-25-21(19)22(29)27(23(26)30)13-17-5-3-9-24-12-17/h3-12H,13-14H2,1-2H3. The summed E-state index contributed by atoms with van der Waals surface area (Å²) in [5.41, 5.74) is 2.61. The van der Waals surface area contributed by atoms with E-state index in [0.717, 1.165) is 15.7 Å². The highest BCUT2D eigenvalue weighted by atomic mass is 16.2. The molecule has 0 bridgehead atoms. The van der Waals surface area contributed by atoms with Gasteiger partial charge in [0.05, 0.1) is 18.6 Å². The van der Waals surface area contributed by atoms with Gasteiger partial charge < -0.3 is 0 Å². The summed E-state index contributed by atoms with van der Waals surface area (Å²) in [6.45, 7) is 3.69. The number of carbonyl (C=O) groups is 1. The van der Waals surface area contributed by atoms with Crippen LogP contribution in [0, 0.1) is 13.8 Å². The summed E-state index contributed by atoms with van der Waals surface area (Å²) in [6.07, 6.45) is 4.72. The molecule has 7 nitrogen and oxygen atoms in total. The van der Waals surface area contributed by atoms with Gasteiger partial charge in [-0.05, 0) is 43.2 Å². The van der Waals surface area contributed by atoms with Crippen molar-refractivity contribution in [3.63, 3.8) is 0 Å². The molecular formula is C23H20N4O3. The lowest BCUT2D eigenvalue weighted by Gasteiger charge is -2.14. The molecule has 0 spiro atoms. The Labute approximate surface area is 172 Å². The van der Waals surface area contributed by atoms with Crippen molar-refractivity contribution in [2.75, 3.05) is 0 Å². The van der Waals surface area contributed by atoms with Crippen LogP contribution >= 0.6 is 0 Å². The zero-order chi connectivity index (χ0) is 21.3. The summed E-state index contributed by atoms with van der Waals surface area (Å²) in [5.74, 6) is -0.202. The number of aryl methyl sites for hydroxylation is 2. The van der Waals surface area contributed by atoms with E-state index in [9.17, 15) is 14.4 Å². The number of rotatable bonds is 5. The minimum absolute atomic E-state index is 0.0514. The summed E-state index contributed by atoms with van der Waals surface area (Å²) in [6, 6.07) is 12.4. The minimum atomic E-state index is -0.553. The Bertz CT molecular complexity index is 1370. The number of hydrogen-bond acceptors (Lipinski definition) is 5. The fraction of sp³-hybridized carbons (Fsp3) is 0.174. The molecule has 0 aliphatic rings. The van der Waals surface area contributed by atoms with Crippen LogP contribution in [0.1, 0.15) is 27.0 Å². The normalized spacial score (nSPS) is 11.0. The molecule has 150 valence electrons. The maximum absolute atomic E-state index is 13.2. The van der Waals surface area contributed by atoms with Crippen LogP contribution in [0.4, 0.5) is 0 Å². The number of fused-ring (bicyclic) bond motifs is 1. The SMILES string of the molecule is Cc1ccc(C(=O)Cn2c(=O)n(Cc3cccnc3)c(=O)c3ncccc32)c(C)c1. The lowest BCUT2D eigenvalue weighted by molar-refractivity contribution is 0.0970. The van der Waals surface area contributed by atoms with Crippen LogP contribution in [0.25, 0.3) is 11.0 Å². The van der Waals surface area contributed by atoms with Gasteiger partial charge in [0, 0.05) is 24.2 Å². The van der Waals surface area contributed by atoms with Gasteiger partial charge in [0.25, 0.3) is 5.56 Å². The summed E-state index contributed by atoms with van der Waals surface area (Å²) in [5, 5.41) is 0. The van der Waals surface area contributed by atoms with Gasteiger partial charge in [0.15, 0.2) is 11.3 Å². The molecule has 1 aromatic carbocycles. The first-order chi connectivity index (χ1) is 14.5. The second-order valence-corrected chi connectivity index (χ2v) is 7.23. The van der Waals surface area contributed by atoms with Crippen molar-refractivity contribution in [2.24, 2.45) is 0 Å². The van der Waals surface area contributed by atoms with Crippen molar-refractivity contribution in [1.29, 1.82) is 0 Å². The molecule has 0 N–H and O–H groups in total. The average molecular weight is 400 g/mol. The second-order valence-electron chi connectivity index (χ2n) is 7.23. The topological polar surface area (TPSA) is 86.9 Å². The highest BCUT2D eigenvalue weighted by molar-refractivity contribution is 5.97. The molecule has 0 aliphatic carbocycles. The maximum Gasteiger partial charge on any atom is 0.332 e. The van der Waals surface area contributed by atoms with Crippen molar-refractivity contribution in [3.05, 3.63) is 104 Å². The fourth-order valence-corrected chi connectivity index (χ4v) is 3.56. The average Bonchev–Trinajstić information content (AvgIpc) is 2.75. The highest BCUT2D eigenvalue weighted by Crippen LogP contribution is 2.13. The van der Waals surface area contributed by atoms with Crippen LogP contribution in [0.2, 0.25) is 0 Å². The molecule has 0 fully saturated rings. The molecule has 4 aromatic rings. The number of aromatic nitrogens is 4. The van der Waals surface area contributed by atoms with E-state index in [1.807, 2.05) is 26.0 Å². The van der Waals surface area contributed by atoms with Crippen molar-refractivity contribution < 1.29 is 4.79 Å². The van der Waals surface area contributed by atoms with Gasteiger partial charge in [-0.1, -0.05) is 29.8 Å². The Kier molecular flexibility index (Phi) is 5.10. The number of pyridine rings is 2. The van der Waals surface area contributed by atoms with E-state index >= 15 is 0 Å². The molecule has 0 unspecified atom stereocenters. The largest absolute Gasteiger partial charge is 0.332 e. The van der Waals surface area contributed by atoms with Gasteiger partial charge >= 0.3 is 5.69 Å². The van der Waals surface area contributed by atoms with E-state index in [1.165, 1.54) is 10.8 Å². The highest BCUT2D eigenvalue weighted by Gasteiger charge is 2.18. The molecular weight excluding hydrogens is 380 g/mol. The number of carbonyl (C=O) groups excluding carboxylic acids is 1. The smallest absolute Gasteiger partial charge is 0.292 e. The quantitative estimate of drug-likeness (QED) is 0.481. The molecule has 30 heavy (non-hydrogen) atoms.